The van der Waals surface area contributed by atoms with Crippen LogP contribution in [0.25, 0.3) is 0 Å². The molecule has 152 valence electrons. The molecule has 0 spiro atoms. The second-order valence-electron chi connectivity index (χ2n) is 6.54. The monoisotopic (exact) mass is 461 g/mol. The molecule has 1 amide bonds. The fourth-order valence-corrected chi connectivity index (χ4v) is 4.65. The number of ether oxygens (including phenoxy) is 2. The molecule has 2 rings (SSSR count). The molecule has 8 heteroatoms. The van der Waals surface area contributed by atoms with Gasteiger partial charge in [-0.3, -0.25) is 0 Å². The summed E-state index contributed by atoms with van der Waals surface area (Å²) in [6.45, 7) is 1.62. The number of amides is 1. The summed E-state index contributed by atoms with van der Waals surface area (Å²) in [7, 11) is 1.55. The Morgan fingerprint density at radius 1 is 1.07 bits per heavy atom. The summed E-state index contributed by atoms with van der Waals surface area (Å²) in [5.74, 6) is 0.284. The second-order valence-corrected chi connectivity index (χ2v) is 9.01. The minimum atomic E-state index is -4.47. The zero-order chi connectivity index (χ0) is 20.8. The van der Waals surface area contributed by atoms with Gasteiger partial charge >= 0.3 is 168 Å². The number of methoxy groups -OCH3 is 1. The number of anilines is 1. The molecular weight excluding hydrogens is 438 g/mol. The summed E-state index contributed by atoms with van der Waals surface area (Å²) in [6, 6.07) is 15.9. The number of rotatable bonds is 8. The maximum atomic E-state index is 12.9. The first-order chi connectivity index (χ1) is 13.1. The summed E-state index contributed by atoms with van der Waals surface area (Å²) >= 11 is -0.472. The molecule has 0 aliphatic rings. The predicted molar refractivity (Wildman–Crippen MR) is 103 cm³/mol. The molecular formula is C20H22F3NO3Se. The molecule has 0 saturated heterocycles. The molecule has 0 aliphatic heterocycles. The molecule has 1 atom stereocenters. The molecule has 0 heterocycles. The van der Waals surface area contributed by atoms with E-state index >= 15 is 0 Å². The van der Waals surface area contributed by atoms with Gasteiger partial charge in [0, 0.05) is 0 Å². The van der Waals surface area contributed by atoms with Crippen LogP contribution >= 0.6 is 0 Å². The fourth-order valence-electron chi connectivity index (χ4n) is 2.37. The summed E-state index contributed by atoms with van der Waals surface area (Å²) in [6.07, 6.45) is -4.47. The summed E-state index contributed by atoms with van der Waals surface area (Å²) in [5, 5.41) is 2.78. The Kier molecular flexibility index (Phi) is 7.52. The molecule has 2 aromatic carbocycles. The van der Waals surface area contributed by atoms with Gasteiger partial charge in [-0.1, -0.05) is 0 Å². The van der Waals surface area contributed by atoms with Gasteiger partial charge in [-0.05, 0) is 0 Å². The molecule has 0 radical (unpaired) electrons. The Balaban J connectivity index is 2.23. The van der Waals surface area contributed by atoms with Gasteiger partial charge in [-0.2, -0.15) is 0 Å². The van der Waals surface area contributed by atoms with Gasteiger partial charge in [0.05, 0.1) is 0 Å². The van der Waals surface area contributed by atoms with Crippen molar-refractivity contribution in [3.05, 3.63) is 54.6 Å². The number of carbonyl (C=O) groups is 1. The average Bonchev–Trinajstić information content (AvgIpc) is 2.65. The molecule has 4 nitrogen and oxygen atoms in total. The van der Waals surface area contributed by atoms with Gasteiger partial charge in [0.1, 0.15) is 0 Å². The van der Waals surface area contributed by atoms with E-state index in [9.17, 15) is 18.0 Å². The van der Waals surface area contributed by atoms with E-state index in [0.29, 0.717) is 11.4 Å². The van der Waals surface area contributed by atoms with Crippen molar-refractivity contribution in [2.24, 2.45) is 0 Å². The third-order valence-corrected chi connectivity index (χ3v) is 7.11. The summed E-state index contributed by atoms with van der Waals surface area (Å²) in [5.41, 5.74) is -0.733. The van der Waals surface area contributed by atoms with E-state index in [0.717, 1.165) is 4.46 Å². The van der Waals surface area contributed by atoms with Crippen molar-refractivity contribution < 1.29 is 27.4 Å². The van der Waals surface area contributed by atoms with Crippen molar-refractivity contribution in [3.8, 4) is 5.75 Å². The van der Waals surface area contributed by atoms with E-state index in [1.54, 1.807) is 43.5 Å². The van der Waals surface area contributed by atoms with Crippen molar-refractivity contribution >= 4 is 31.0 Å². The SMILES string of the molecule is COc1ccc([Se]C(C(=O)Nc2ccccc2)C(C)(C)OCC(F)(F)F)cc1. The molecule has 0 saturated carbocycles. The van der Waals surface area contributed by atoms with Crippen molar-refractivity contribution in [3.63, 3.8) is 0 Å². The van der Waals surface area contributed by atoms with E-state index in [2.05, 4.69) is 5.32 Å². The molecule has 2 aromatic rings. The Morgan fingerprint density at radius 2 is 1.68 bits per heavy atom. The predicted octanol–water partition coefficient (Wildman–Crippen LogP) is 3.81. The Hall–Kier alpha value is -2.02. The molecule has 0 aliphatic carbocycles. The van der Waals surface area contributed by atoms with Crippen LogP contribution in [-0.2, 0) is 9.53 Å². The van der Waals surface area contributed by atoms with Gasteiger partial charge in [-0.25, -0.2) is 0 Å². The molecule has 0 bridgehead atoms. The van der Waals surface area contributed by atoms with E-state index < -0.39 is 38.2 Å². The number of alkyl halides is 3. The number of para-hydroxylation sites is 1. The molecule has 1 unspecified atom stereocenters. The Labute approximate surface area is 168 Å². The number of hydrogen-bond donors (Lipinski definition) is 1. The third kappa shape index (κ3) is 6.85. The fraction of sp³-hybridized carbons (Fsp3) is 0.350. The first-order valence-electron chi connectivity index (χ1n) is 8.48. The zero-order valence-electron chi connectivity index (χ0n) is 15.7. The van der Waals surface area contributed by atoms with Gasteiger partial charge < -0.3 is 0 Å². The quantitative estimate of drug-likeness (QED) is 0.610. The molecule has 0 aromatic heterocycles. The van der Waals surface area contributed by atoms with Crippen LogP contribution in [-0.4, -0.2) is 46.4 Å². The molecule has 0 fully saturated rings. The maximum absolute atomic E-state index is 12.9. The van der Waals surface area contributed by atoms with Crippen LogP contribution in [0.5, 0.6) is 5.75 Å². The Bertz CT molecular complexity index is 765. The normalized spacial score (nSPS) is 13.1. The number of halogens is 3. The van der Waals surface area contributed by atoms with Crippen molar-refractivity contribution in [2.75, 3.05) is 19.0 Å². The first kappa shape index (κ1) is 22.3. The van der Waals surface area contributed by atoms with Crippen LogP contribution in [0.15, 0.2) is 54.6 Å². The van der Waals surface area contributed by atoms with E-state index in [1.165, 1.54) is 13.8 Å². The Morgan fingerprint density at radius 3 is 2.21 bits per heavy atom. The first-order valence-corrected chi connectivity index (χ1v) is 10.3. The topological polar surface area (TPSA) is 47.6 Å². The van der Waals surface area contributed by atoms with Crippen LogP contribution in [0.2, 0.25) is 4.82 Å². The van der Waals surface area contributed by atoms with Crippen LogP contribution in [0.3, 0.4) is 0 Å². The standard InChI is InChI=1S/C20H22F3NO3Se/c1-19(2,27-13-20(21,22)23)17(18(25)24-14-7-5-4-6-8-14)28-16-11-9-15(26-3)10-12-16/h4-12,17H,13H2,1-3H3,(H,24,25). The second kappa shape index (κ2) is 9.45. The third-order valence-electron chi connectivity index (χ3n) is 3.83. The van der Waals surface area contributed by atoms with E-state index in [1.807, 2.05) is 18.2 Å². The van der Waals surface area contributed by atoms with Crippen LogP contribution in [0.1, 0.15) is 13.8 Å². The number of nitrogens with one attached hydrogen (secondary N) is 1. The van der Waals surface area contributed by atoms with Crippen molar-refractivity contribution in [1.29, 1.82) is 0 Å². The van der Waals surface area contributed by atoms with Crippen molar-refractivity contribution in [2.45, 2.75) is 30.4 Å². The van der Waals surface area contributed by atoms with Gasteiger partial charge in [0.2, 0.25) is 0 Å². The number of carbonyl (C=O) groups excluding carboxylic acids is 1. The van der Waals surface area contributed by atoms with Crippen LogP contribution < -0.4 is 14.5 Å². The molecule has 28 heavy (non-hydrogen) atoms. The van der Waals surface area contributed by atoms with Crippen LogP contribution in [0, 0.1) is 0 Å². The summed E-state index contributed by atoms with van der Waals surface area (Å²) < 4.78 is 49.1. The minimum absolute atomic E-state index is 0.380. The summed E-state index contributed by atoms with van der Waals surface area (Å²) in [4.78, 5) is 12.1. The van der Waals surface area contributed by atoms with Crippen LogP contribution in [0.4, 0.5) is 18.9 Å². The number of hydrogen-bond acceptors (Lipinski definition) is 3. The van der Waals surface area contributed by atoms with Gasteiger partial charge in [0.15, 0.2) is 0 Å². The van der Waals surface area contributed by atoms with E-state index in [4.69, 9.17) is 9.47 Å². The van der Waals surface area contributed by atoms with Crippen molar-refractivity contribution in [1.82, 2.24) is 0 Å². The van der Waals surface area contributed by atoms with Gasteiger partial charge in [0.25, 0.3) is 0 Å². The zero-order valence-corrected chi connectivity index (χ0v) is 17.5. The van der Waals surface area contributed by atoms with E-state index in [-0.39, 0.29) is 5.91 Å². The van der Waals surface area contributed by atoms with Gasteiger partial charge in [-0.15, -0.1) is 0 Å². The molecule has 1 N–H and O–H groups in total. The number of benzene rings is 2. The average molecular weight is 460 g/mol.